The molecule has 11 heavy (non-hydrogen) atoms. The summed E-state index contributed by atoms with van der Waals surface area (Å²) < 4.78 is 0. The molecule has 0 amide bonds. The predicted molar refractivity (Wildman–Crippen MR) is 42.3 cm³/mol. The van der Waals surface area contributed by atoms with Crippen molar-refractivity contribution in [3.8, 4) is 0 Å². The maximum absolute atomic E-state index is 10.7. The van der Waals surface area contributed by atoms with Gasteiger partial charge in [-0.05, 0) is 11.6 Å². The lowest BCUT2D eigenvalue weighted by Gasteiger charge is -1.81. The summed E-state index contributed by atoms with van der Waals surface area (Å²) in [6.45, 7) is 1.39. The molecule has 1 rings (SSSR count). The molecule has 0 spiro atoms. The first-order valence-corrected chi connectivity index (χ1v) is 4.03. The zero-order valence-electron chi connectivity index (χ0n) is 5.63. The Morgan fingerprint density at radius 1 is 1.64 bits per heavy atom. The molecule has 0 aliphatic carbocycles. The maximum atomic E-state index is 10.7. The molecule has 3 nitrogen and oxygen atoms in total. The molecule has 5 heteroatoms. The molecule has 1 aromatic heterocycles. The van der Waals surface area contributed by atoms with Crippen molar-refractivity contribution in [2.75, 3.05) is 0 Å². The zero-order chi connectivity index (χ0) is 8.43. The van der Waals surface area contributed by atoms with Crippen LogP contribution in [-0.4, -0.2) is 16.0 Å². The standard InChI is InChI=1S/C6H4ClNO2S/c1-3(9)6-8-4(2-11-6)5(7)10/h2H,1H3. The maximum Gasteiger partial charge on any atom is 0.271 e. The summed E-state index contributed by atoms with van der Waals surface area (Å²) in [6.07, 6.45) is 0. The normalized spacial score (nSPS) is 9.64. The highest BCUT2D eigenvalue weighted by molar-refractivity contribution is 7.12. The van der Waals surface area contributed by atoms with E-state index >= 15 is 0 Å². The molecule has 0 unspecified atom stereocenters. The van der Waals surface area contributed by atoms with E-state index in [9.17, 15) is 9.59 Å². The quantitative estimate of drug-likeness (QED) is 0.526. The number of hydrogen-bond acceptors (Lipinski definition) is 4. The van der Waals surface area contributed by atoms with E-state index in [0.717, 1.165) is 11.3 Å². The average Bonchev–Trinajstić information content (AvgIpc) is 2.33. The second kappa shape index (κ2) is 3.11. The molecule has 1 aromatic rings. The first-order valence-electron chi connectivity index (χ1n) is 2.77. The number of hydrogen-bond donors (Lipinski definition) is 0. The Morgan fingerprint density at radius 2 is 2.27 bits per heavy atom. The smallest absolute Gasteiger partial charge is 0.271 e. The van der Waals surface area contributed by atoms with Gasteiger partial charge in [-0.2, -0.15) is 0 Å². The number of thiazole rings is 1. The lowest BCUT2D eigenvalue weighted by molar-refractivity contribution is 0.101. The Hall–Kier alpha value is -0.740. The molecule has 0 aromatic carbocycles. The molecule has 0 radical (unpaired) electrons. The van der Waals surface area contributed by atoms with Crippen molar-refractivity contribution in [3.63, 3.8) is 0 Å². The van der Waals surface area contributed by atoms with Crippen LogP contribution in [0.3, 0.4) is 0 Å². The fourth-order valence-corrected chi connectivity index (χ4v) is 1.39. The first kappa shape index (κ1) is 8.36. The van der Waals surface area contributed by atoms with E-state index in [1.54, 1.807) is 0 Å². The third kappa shape index (κ3) is 1.85. The molecule has 0 saturated heterocycles. The van der Waals surface area contributed by atoms with Gasteiger partial charge in [0.25, 0.3) is 5.24 Å². The summed E-state index contributed by atoms with van der Waals surface area (Å²) in [6, 6.07) is 0. The van der Waals surface area contributed by atoms with Gasteiger partial charge in [-0.3, -0.25) is 9.59 Å². The molecule has 1 heterocycles. The number of carbonyl (C=O) groups is 2. The van der Waals surface area contributed by atoms with Crippen LogP contribution in [0, 0.1) is 0 Å². The minimum absolute atomic E-state index is 0.141. The van der Waals surface area contributed by atoms with Crippen molar-refractivity contribution in [2.24, 2.45) is 0 Å². The van der Waals surface area contributed by atoms with Crippen molar-refractivity contribution in [1.82, 2.24) is 4.98 Å². The average molecular weight is 190 g/mol. The number of carbonyl (C=O) groups excluding carboxylic acids is 2. The minimum atomic E-state index is -0.631. The molecule has 0 aliphatic heterocycles. The Bertz CT molecular complexity index is 279. The molecule has 58 valence electrons. The number of nitrogens with zero attached hydrogens (tertiary/aromatic N) is 1. The Labute approximate surface area is 72.0 Å². The van der Waals surface area contributed by atoms with Crippen molar-refractivity contribution in [2.45, 2.75) is 6.92 Å². The van der Waals surface area contributed by atoms with Gasteiger partial charge in [-0.1, -0.05) is 0 Å². The van der Waals surface area contributed by atoms with Gasteiger partial charge in [0.1, 0.15) is 5.69 Å². The fourth-order valence-electron chi connectivity index (χ4n) is 0.526. The number of halogens is 1. The van der Waals surface area contributed by atoms with Crippen molar-refractivity contribution < 1.29 is 9.59 Å². The number of Topliss-reactive ketones (excluding diaryl/α,β-unsaturated/α-hetero) is 1. The van der Waals surface area contributed by atoms with Crippen LogP contribution < -0.4 is 0 Å². The van der Waals surface area contributed by atoms with Crippen LogP contribution in [0.4, 0.5) is 0 Å². The predicted octanol–water partition coefficient (Wildman–Crippen LogP) is 1.72. The van der Waals surface area contributed by atoms with Crippen LogP contribution in [0.25, 0.3) is 0 Å². The van der Waals surface area contributed by atoms with Crippen LogP contribution in [0.5, 0.6) is 0 Å². The van der Waals surface area contributed by atoms with Gasteiger partial charge in [-0.15, -0.1) is 11.3 Å². The van der Waals surface area contributed by atoms with Crippen LogP contribution in [0.1, 0.15) is 27.2 Å². The third-order valence-corrected chi connectivity index (χ3v) is 2.14. The highest BCUT2D eigenvalue weighted by Crippen LogP contribution is 2.11. The summed E-state index contributed by atoms with van der Waals surface area (Å²) in [7, 11) is 0. The van der Waals surface area contributed by atoms with Crippen molar-refractivity contribution in [1.29, 1.82) is 0 Å². The van der Waals surface area contributed by atoms with Gasteiger partial charge >= 0.3 is 0 Å². The lowest BCUT2D eigenvalue weighted by Crippen LogP contribution is -1.93. The number of aromatic nitrogens is 1. The Kier molecular flexibility index (Phi) is 2.36. The van der Waals surface area contributed by atoms with Gasteiger partial charge in [0.05, 0.1) is 0 Å². The van der Waals surface area contributed by atoms with Crippen LogP contribution in [0.15, 0.2) is 5.38 Å². The van der Waals surface area contributed by atoms with E-state index < -0.39 is 5.24 Å². The number of rotatable bonds is 2. The van der Waals surface area contributed by atoms with Crippen molar-refractivity contribution >= 4 is 34.0 Å². The molecule has 0 atom stereocenters. The van der Waals surface area contributed by atoms with Gasteiger partial charge in [0, 0.05) is 12.3 Å². The Balaban J connectivity index is 2.99. The summed E-state index contributed by atoms with van der Waals surface area (Å²) in [4.78, 5) is 24.9. The van der Waals surface area contributed by atoms with E-state index in [0.29, 0.717) is 5.01 Å². The third-order valence-electron chi connectivity index (χ3n) is 1.01. The summed E-state index contributed by atoms with van der Waals surface area (Å²) in [5, 5.41) is 1.15. The summed E-state index contributed by atoms with van der Waals surface area (Å²) >= 11 is 6.24. The molecule has 0 saturated carbocycles. The SMILES string of the molecule is CC(=O)c1nc(C(=O)Cl)cs1. The monoisotopic (exact) mass is 189 g/mol. The van der Waals surface area contributed by atoms with Crippen LogP contribution in [-0.2, 0) is 0 Å². The van der Waals surface area contributed by atoms with E-state index in [1.165, 1.54) is 12.3 Å². The molecule has 0 fully saturated rings. The summed E-state index contributed by atoms with van der Waals surface area (Å²) in [5.74, 6) is -0.154. The largest absolute Gasteiger partial charge is 0.292 e. The van der Waals surface area contributed by atoms with E-state index in [-0.39, 0.29) is 11.5 Å². The number of ketones is 1. The van der Waals surface area contributed by atoms with Gasteiger partial charge in [0.2, 0.25) is 0 Å². The highest BCUT2D eigenvalue weighted by atomic mass is 35.5. The van der Waals surface area contributed by atoms with Crippen LogP contribution in [0.2, 0.25) is 0 Å². The van der Waals surface area contributed by atoms with E-state index in [4.69, 9.17) is 11.6 Å². The van der Waals surface area contributed by atoms with E-state index in [2.05, 4.69) is 4.98 Å². The first-order chi connectivity index (χ1) is 5.11. The molecule has 0 bridgehead atoms. The van der Waals surface area contributed by atoms with E-state index in [1.807, 2.05) is 0 Å². The second-order valence-electron chi connectivity index (χ2n) is 1.87. The van der Waals surface area contributed by atoms with Crippen LogP contribution >= 0.6 is 22.9 Å². The lowest BCUT2D eigenvalue weighted by atomic mass is 10.5. The fraction of sp³-hybridized carbons (Fsp3) is 0.167. The van der Waals surface area contributed by atoms with Gasteiger partial charge in [-0.25, -0.2) is 4.98 Å². The molecule has 0 aliphatic rings. The molecular formula is C6H4ClNO2S. The minimum Gasteiger partial charge on any atom is -0.292 e. The molecule has 0 N–H and O–H groups in total. The highest BCUT2D eigenvalue weighted by Gasteiger charge is 2.09. The summed E-state index contributed by atoms with van der Waals surface area (Å²) in [5.41, 5.74) is 0.141. The molecular weight excluding hydrogens is 186 g/mol. The zero-order valence-corrected chi connectivity index (χ0v) is 7.20. The van der Waals surface area contributed by atoms with Gasteiger partial charge in [0.15, 0.2) is 10.8 Å². The topological polar surface area (TPSA) is 47.0 Å². The Morgan fingerprint density at radius 3 is 2.55 bits per heavy atom. The second-order valence-corrected chi connectivity index (χ2v) is 3.07. The van der Waals surface area contributed by atoms with Gasteiger partial charge < -0.3 is 0 Å². The van der Waals surface area contributed by atoms with Crippen molar-refractivity contribution in [3.05, 3.63) is 16.1 Å².